The molecule has 0 saturated carbocycles. The van der Waals surface area contributed by atoms with Gasteiger partial charge in [-0.15, -0.1) is 11.3 Å². The van der Waals surface area contributed by atoms with E-state index in [9.17, 15) is 9.59 Å². The summed E-state index contributed by atoms with van der Waals surface area (Å²) < 4.78 is 0. The zero-order valence-electron chi connectivity index (χ0n) is 17.1. The van der Waals surface area contributed by atoms with Crippen LogP contribution in [0.3, 0.4) is 0 Å². The van der Waals surface area contributed by atoms with Crippen molar-refractivity contribution in [3.8, 4) is 11.3 Å². The highest BCUT2D eigenvalue weighted by Crippen LogP contribution is 2.24. The predicted octanol–water partition coefficient (Wildman–Crippen LogP) is 4.07. The van der Waals surface area contributed by atoms with Crippen molar-refractivity contribution in [1.29, 1.82) is 0 Å². The number of nitrogens with two attached hydrogens (primary N) is 1. The van der Waals surface area contributed by atoms with Crippen LogP contribution in [0, 0.1) is 0 Å². The van der Waals surface area contributed by atoms with E-state index in [1.807, 2.05) is 47.8 Å². The average molecular weight is 444 g/mol. The summed E-state index contributed by atoms with van der Waals surface area (Å²) in [6.45, 7) is 0.236. The number of hydrogen-bond donors (Lipinski definition) is 2. The number of aromatic nitrogens is 2. The molecule has 2 aromatic carbocycles. The first-order chi connectivity index (χ1) is 15.6. The summed E-state index contributed by atoms with van der Waals surface area (Å²) >= 11 is 1.38. The molecule has 0 bridgehead atoms. The lowest BCUT2D eigenvalue weighted by molar-refractivity contribution is -0.117. The molecule has 0 spiro atoms. The predicted molar refractivity (Wildman–Crippen MR) is 126 cm³/mol. The Morgan fingerprint density at radius 3 is 2.34 bits per heavy atom. The van der Waals surface area contributed by atoms with Crippen molar-refractivity contribution in [3.05, 3.63) is 95.6 Å². The molecule has 7 nitrogen and oxygen atoms in total. The molecular weight excluding hydrogens is 422 g/mol. The highest BCUT2D eigenvalue weighted by molar-refractivity contribution is 7.13. The maximum absolute atomic E-state index is 13.0. The Kier molecular flexibility index (Phi) is 6.52. The van der Waals surface area contributed by atoms with E-state index in [1.165, 1.54) is 16.2 Å². The zero-order chi connectivity index (χ0) is 22.3. The molecule has 2 heterocycles. The lowest BCUT2D eigenvalue weighted by atomic mass is 10.1. The number of carbonyl (C=O) groups excluding carboxylic acids is 2. The van der Waals surface area contributed by atoms with Gasteiger partial charge in [-0.05, 0) is 29.8 Å². The summed E-state index contributed by atoms with van der Waals surface area (Å²) in [7, 11) is 0. The van der Waals surface area contributed by atoms with E-state index >= 15 is 0 Å². The molecular formula is C24H21N5O2S. The molecule has 0 radical (unpaired) electrons. The topological polar surface area (TPSA) is 101 Å². The summed E-state index contributed by atoms with van der Waals surface area (Å²) in [6, 6.07) is 20.2. The molecule has 160 valence electrons. The van der Waals surface area contributed by atoms with Crippen LogP contribution < -0.4 is 11.1 Å². The Bertz CT molecular complexity index is 1190. The Morgan fingerprint density at radius 1 is 0.969 bits per heavy atom. The quantitative estimate of drug-likeness (QED) is 0.448. The minimum atomic E-state index is -0.283. The molecule has 3 N–H and O–H groups in total. The van der Waals surface area contributed by atoms with Gasteiger partial charge in [0.2, 0.25) is 5.91 Å². The molecule has 0 unspecified atom stereocenters. The maximum atomic E-state index is 13.0. The van der Waals surface area contributed by atoms with Gasteiger partial charge in [0, 0.05) is 41.1 Å². The van der Waals surface area contributed by atoms with E-state index in [0.717, 1.165) is 16.8 Å². The summed E-state index contributed by atoms with van der Waals surface area (Å²) in [5, 5.41) is 5.25. The average Bonchev–Trinajstić information content (AvgIpc) is 3.26. The number of anilines is 2. The first-order valence-electron chi connectivity index (χ1n) is 9.93. The van der Waals surface area contributed by atoms with Gasteiger partial charge in [-0.3, -0.25) is 14.6 Å². The smallest absolute Gasteiger partial charge is 0.254 e. The number of pyridine rings is 1. The second-order valence-electron chi connectivity index (χ2n) is 7.08. The van der Waals surface area contributed by atoms with Gasteiger partial charge in [-0.25, -0.2) is 4.98 Å². The third kappa shape index (κ3) is 5.35. The Balaban J connectivity index is 1.46. The number of benzene rings is 2. The van der Waals surface area contributed by atoms with Crippen molar-refractivity contribution in [2.45, 2.75) is 6.54 Å². The fourth-order valence-electron chi connectivity index (χ4n) is 3.20. The van der Waals surface area contributed by atoms with Crippen LogP contribution in [0.5, 0.6) is 0 Å². The molecule has 8 heteroatoms. The van der Waals surface area contributed by atoms with Crippen LogP contribution in [0.2, 0.25) is 0 Å². The van der Waals surface area contributed by atoms with Gasteiger partial charge in [0.15, 0.2) is 5.13 Å². The largest absolute Gasteiger partial charge is 0.375 e. The molecule has 32 heavy (non-hydrogen) atoms. The Morgan fingerprint density at radius 2 is 1.69 bits per heavy atom. The summed E-state index contributed by atoms with van der Waals surface area (Å²) in [5.74, 6) is -0.517. The van der Waals surface area contributed by atoms with Crippen molar-refractivity contribution in [2.24, 2.45) is 0 Å². The van der Waals surface area contributed by atoms with Crippen molar-refractivity contribution < 1.29 is 9.59 Å². The Hall–Kier alpha value is -4.04. The fourth-order valence-corrected chi connectivity index (χ4v) is 3.77. The van der Waals surface area contributed by atoms with Crippen molar-refractivity contribution >= 4 is 34.0 Å². The van der Waals surface area contributed by atoms with E-state index < -0.39 is 0 Å². The van der Waals surface area contributed by atoms with Gasteiger partial charge in [0.05, 0.1) is 5.69 Å². The van der Waals surface area contributed by atoms with Gasteiger partial charge >= 0.3 is 0 Å². The van der Waals surface area contributed by atoms with Gasteiger partial charge in [0.25, 0.3) is 5.91 Å². The number of amides is 2. The van der Waals surface area contributed by atoms with Crippen molar-refractivity contribution in [1.82, 2.24) is 14.9 Å². The number of rotatable bonds is 7. The summed E-state index contributed by atoms with van der Waals surface area (Å²) in [4.78, 5) is 35.5. The van der Waals surface area contributed by atoms with Crippen LogP contribution in [-0.2, 0) is 11.3 Å². The molecule has 0 fully saturated rings. The first kappa shape index (κ1) is 21.2. The number of thiazole rings is 1. The van der Waals surface area contributed by atoms with Crippen LogP contribution in [0.1, 0.15) is 15.9 Å². The van der Waals surface area contributed by atoms with Gasteiger partial charge < -0.3 is 16.0 Å². The highest BCUT2D eigenvalue weighted by atomic mass is 32.1. The third-order valence-corrected chi connectivity index (χ3v) is 5.43. The van der Waals surface area contributed by atoms with E-state index in [2.05, 4.69) is 15.3 Å². The molecule has 4 rings (SSSR count). The third-order valence-electron chi connectivity index (χ3n) is 4.75. The summed E-state index contributed by atoms with van der Waals surface area (Å²) in [6.07, 6.45) is 3.12. The van der Waals surface area contributed by atoms with Crippen molar-refractivity contribution in [2.75, 3.05) is 17.6 Å². The molecule has 4 aromatic rings. The Labute approximate surface area is 189 Å². The SMILES string of the molecule is Nc1nc(-c2ccc(NC(=O)CN(Cc3ccccc3)C(=O)c3ccncc3)cc2)cs1. The lowest BCUT2D eigenvalue weighted by Crippen LogP contribution is -2.37. The van der Waals surface area contributed by atoms with Gasteiger partial charge in [-0.1, -0.05) is 42.5 Å². The van der Waals surface area contributed by atoms with E-state index in [1.54, 1.807) is 36.7 Å². The van der Waals surface area contributed by atoms with Crippen LogP contribution in [-0.4, -0.2) is 33.2 Å². The van der Waals surface area contributed by atoms with Crippen LogP contribution >= 0.6 is 11.3 Å². The monoisotopic (exact) mass is 443 g/mol. The molecule has 2 amide bonds. The van der Waals surface area contributed by atoms with Crippen LogP contribution in [0.4, 0.5) is 10.8 Å². The molecule has 0 aliphatic carbocycles. The second-order valence-corrected chi connectivity index (χ2v) is 7.97. The molecule has 2 aromatic heterocycles. The standard InChI is InChI=1S/C24H21N5O2S/c25-24-28-21(16-32-24)18-6-8-20(9-7-18)27-22(30)15-29(14-17-4-2-1-3-5-17)23(31)19-10-12-26-13-11-19/h1-13,16H,14-15H2,(H2,25,28)(H,27,30). The van der Waals surface area contributed by atoms with Gasteiger partial charge in [0.1, 0.15) is 6.54 Å². The zero-order valence-corrected chi connectivity index (χ0v) is 18.0. The number of hydrogen-bond acceptors (Lipinski definition) is 6. The second kappa shape index (κ2) is 9.84. The summed E-state index contributed by atoms with van der Waals surface area (Å²) in [5.41, 5.74) is 9.46. The number of nitrogens with zero attached hydrogens (tertiary/aromatic N) is 3. The molecule has 0 aliphatic heterocycles. The lowest BCUT2D eigenvalue weighted by Gasteiger charge is -2.22. The fraction of sp³-hybridized carbons (Fsp3) is 0.0833. The van der Waals surface area contributed by atoms with E-state index in [-0.39, 0.29) is 18.4 Å². The van der Waals surface area contributed by atoms with Crippen molar-refractivity contribution in [3.63, 3.8) is 0 Å². The highest BCUT2D eigenvalue weighted by Gasteiger charge is 2.19. The van der Waals surface area contributed by atoms with Crippen LogP contribution in [0.25, 0.3) is 11.3 Å². The van der Waals surface area contributed by atoms with Gasteiger partial charge in [-0.2, -0.15) is 0 Å². The number of nitrogen functional groups attached to an aromatic ring is 1. The minimum Gasteiger partial charge on any atom is -0.375 e. The molecule has 0 atom stereocenters. The maximum Gasteiger partial charge on any atom is 0.254 e. The first-order valence-corrected chi connectivity index (χ1v) is 10.8. The normalized spacial score (nSPS) is 10.5. The number of nitrogens with one attached hydrogen (secondary N) is 1. The van der Waals surface area contributed by atoms with E-state index in [0.29, 0.717) is 22.9 Å². The number of carbonyl (C=O) groups is 2. The molecule has 0 saturated heterocycles. The minimum absolute atomic E-state index is 0.0829. The molecule has 0 aliphatic rings. The van der Waals surface area contributed by atoms with Crippen LogP contribution in [0.15, 0.2) is 84.5 Å². The van der Waals surface area contributed by atoms with E-state index in [4.69, 9.17) is 5.73 Å².